The van der Waals surface area contributed by atoms with E-state index in [1.807, 2.05) is 23.1 Å². The van der Waals surface area contributed by atoms with Gasteiger partial charge in [0, 0.05) is 11.7 Å². The number of nitrogens with one attached hydrogen (secondary N) is 1. The summed E-state index contributed by atoms with van der Waals surface area (Å²) >= 11 is 0. The van der Waals surface area contributed by atoms with E-state index in [4.69, 9.17) is 10.5 Å². The van der Waals surface area contributed by atoms with Crippen LogP contribution in [-0.4, -0.2) is 31.6 Å². The second-order valence-electron chi connectivity index (χ2n) is 5.55. The molecule has 108 valence electrons. The smallest absolute Gasteiger partial charge is 0.239 e. The zero-order chi connectivity index (χ0) is 13.9. The number of hydrogen-bond donors (Lipinski definition) is 2. The molecule has 5 nitrogen and oxygen atoms in total. The van der Waals surface area contributed by atoms with Crippen molar-refractivity contribution in [3.8, 4) is 5.75 Å². The van der Waals surface area contributed by atoms with Gasteiger partial charge in [-0.25, -0.2) is 0 Å². The summed E-state index contributed by atoms with van der Waals surface area (Å²) in [5, 5.41) is 3.12. The van der Waals surface area contributed by atoms with E-state index >= 15 is 0 Å². The summed E-state index contributed by atoms with van der Waals surface area (Å²) in [7, 11) is 0. The van der Waals surface area contributed by atoms with Crippen LogP contribution >= 0.6 is 0 Å². The van der Waals surface area contributed by atoms with Crippen molar-refractivity contribution in [3.05, 3.63) is 18.2 Å². The summed E-state index contributed by atoms with van der Waals surface area (Å²) in [4.78, 5) is 14.2. The van der Waals surface area contributed by atoms with Crippen molar-refractivity contribution in [2.24, 2.45) is 0 Å². The van der Waals surface area contributed by atoms with Gasteiger partial charge in [0.25, 0.3) is 0 Å². The molecule has 5 heteroatoms. The van der Waals surface area contributed by atoms with Crippen LogP contribution < -0.4 is 20.7 Å². The van der Waals surface area contributed by atoms with Gasteiger partial charge in [-0.05, 0) is 31.0 Å². The van der Waals surface area contributed by atoms with Gasteiger partial charge in [0.05, 0.1) is 18.8 Å². The number of nitrogen functional groups attached to an aromatic ring is 1. The van der Waals surface area contributed by atoms with Crippen molar-refractivity contribution in [2.45, 2.75) is 31.7 Å². The van der Waals surface area contributed by atoms with Crippen LogP contribution in [0, 0.1) is 0 Å². The Morgan fingerprint density at radius 2 is 2.20 bits per heavy atom. The minimum Gasteiger partial charge on any atom is -0.490 e. The number of hydrogen-bond acceptors (Lipinski definition) is 4. The summed E-state index contributed by atoms with van der Waals surface area (Å²) < 4.78 is 5.59. The Morgan fingerprint density at radius 3 is 3.00 bits per heavy atom. The Kier molecular flexibility index (Phi) is 3.67. The molecule has 0 unspecified atom stereocenters. The second kappa shape index (κ2) is 5.61. The molecule has 0 radical (unpaired) electrons. The first-order valence-electron chi connectivity index (χ1n) is 7.29. The lowest BCUT2D eigenvalue weighted by Crippen LogP contribution is -2.43. The molecule has 1 fully saturated rings. The largest absolute Gasteiger partial charge is 0.490 e. The molecule has 3 N–H and O–H groups in total. The predicted molar refractivity (Wildman–Crippen MR) is 79.0 cm³/mol. The first kappa shape index (κ1) is 13.1. The molecule has 20 heavy (non-hydrogen) atoms. The van der Waals surface area contributed by atoms with Gasteiger partial charge >= 0.3 is 0 Å². The van der Waals surface area contributed by atoms with Gasteiger partial charge in [-0.2, -0.15) is 0 Å². The third-order valence-corrected chi connectivity index (χ3v) is 4.00. The molecule has 1 amide bonds. The summed E-state index contributed by atoms with van der Waals surface area (Å²) in [6, 6.07) is 5.92. The zero-order valence-electron chi connectivity index (χ0n) is 11.6. The van der Waals surface area contributed by atoms with Gasteiger partial charge in [0.1, 0.15) is 12.4 Å². The summed E-state index contributed by atoms with van der Waals surface area (Å²) in [6.45, 7) is 1.69. The van der Waals surface area contributed by atoms with Gasteiger partial charge < -0.3 is 20.7 Å². The molecular weight excluding hydrogens is 254 g/mol. The molecular formula is C15H21N3O2. The average Bonchev–Trinajstić information content (AvgIpc) is 2.92. The Bertz CT molecular complexity index is 498. The van der Waals surface area contributed by atoms with Crippen molar-refractivity contribution < 1.29 is 9.53 Å². The maximum atomic E-state index is 12.1. The number of fused-ring (bicyclic) bond motifs is 1. The maximum absolute atomic E-state index is 12.1. The number of ether oxygens (including phenoxy) is 1. The number of nitrogens with two attached hydrogens (primary N) is 1. The van der Waals surface area contributed by atoms with Gasteiger partial charge in [0.2, 0.25) is 5.91 Å². The van der Waals surface area contributed by atoms with E-state index in [9.17, 15) is 4.79 Å². The van der Waals surface area contributed by atoms with Gasteiger partial charge in [-0.1, -0.05) is 12.8 Å². The highest BCUT2D eigenvalue weighted by molar-refractivity contribution is 5.83. The monoisotopic (exact) mass is 275 g/mol. The van der Waals surface area contributed by atoms with Gasteiger partial charge in [-0.3, -0.25) is 4.79 Å². The number of amides is 1. The highest BCUT2D eigenvalue weighted by atomic mass is 16.5. The fourth-order valence-electron chi connectivity index (χ4n) is 2.97. The van der Waals surface area contributed by atoms with E-state index in [-0.39, 0.29) is 5.91 Å². The third-order valence-electron chi connectivity index (χ3n) is 4.00. The summed E-state index contributed by atoms with van der Waals surface area (Å²) in [5.74, 6) is 0.895. The third kappa shape index (κ3) is 2.81. The number of benzene rings is 1. The Morgan fingerprint density at radius 1 is 1.40 bits per heavy atom. The Balaban J connectivity index is 1.66. The molecule has 1 heterocycles. The minimum absolute atomic E-state index is 0.0900. The van der Waals surface area contributed by atoms with E-state index in [0.717, 1.165) is 24.3 Å². The number of carbonyl (C=O) groups is 1. The molecule has 1 aromatic carbocycles. The van der Waals surface area contributed by atoms with E-state index in [1.165, 1.54) is 12.8 Å². The highest BCUT2D eigenvalue weighted by Crippen LogP contribution is 2.33. The molecule has 1 saturated carbocycles. The Labute approximate surface area is 119 Å². The molecule has 0 bridgehead atoms. The lowest BCUT2D eigenvalue weighted by molar-refractivity contribution is -0.120. The molecule has 0 saturated heterocycles. The minimum atomic E-state index is 0.0900. The molecule has 0 aromatic heterocycles. The fourth-order valence-corrected chi connectivity index (χ4v) is 2.97. The van der Waals surface area contributed by atoms with Crippen LogP contribution in [0.3, 0.4) is 0 Å². The normalized spacial score (nSPS) is 18.5. The zero-order valence-corrected chi connectivity index (χ0v) is 11.6. The lowest BCUT2D eigenvalue weighted by atomic mass is 10.2. The van der Waals surface area contributed by atoms with Gasteiger partial charge in [-0.15, -0.1) is 0 Å². The highest BCUT2D eigenvalue weighted by Gasteiger charge is 2.22. The predicted octanol–water partition coefficient (Wildman–Crippen LogP) is 1.53. The van der Waals surface area contributed by atoms with Crippen LogP contribution in [0.1, 0.15) is 25.7 Å². The lowest BCUT2D eigenvalue weighted by Gasteiger charge is -2.31. The molecule has 1 aliphatic heterocycles. The van der Waals surface area contributed by atoms with Crippen molar-refractivity contribution in [2.75, 3.05) is 30.3 Å². The standard InChI is InChI=1S/C15H21N3O2/c16-11-5-6-14-13(9-11)18(7-8-20-14)10-15(19)17-12-3-1-2-4-12/h5-6,9,12H,1-4,7-8,10,16H2,(H,17,19). The molecule has 3 rings (SSSR count). The van der Waals surface area contributed by atoms with Crippen LogP contribution in [-0.2, 0) is 4.79 Å². The van der Waals surface area contributed by atoms with Crippen molar-refractivity contribution in [1.82, 2.24) is 5.32 Å². The van der Waals surface area contributed by atoms with Crippen molar-refractivity contribution >= 4 is 17.3 Å². The molecule has 1 aromatic rings. The second-order valence-corrected chi connectivity index (χ2v) is 5.55. The first-order valence-corrected chi connectivity index (χ1v) is 7.29. The number of rotatable bonds is 3. The molecule has 2 aliphatic rings. The van der Waals surface area contributed by atoms with Crippen LogP contribution in [0.5, 0.6) is 5.75 Å². The molecule has 1 aliphatic carbocycles. The van der Waals surface area contributed by atoms with E-state index < -0.39 is 0 Å². The Hall–Kier alpha value is -1.91. The van der Waals surface area contributed by atoms with E-state index in [1.54, 1.807) is 0 Å². The summed E-state index contributed by atoms with van der Waals surface area (Å²) in [5.41, 5.74) is 7.43. The van der Waals surface area contributed by atoms with Crippen molar-refractivity contribution in [1.29, 1.82) is 0 Å². The topological polar surface area (TPSA) is 67.6 Å². The number of carbonyl (C=O) groups excluding carboxylic acids is 1. The van der Waals surface area contributed by atoms with Crippen molar-refractivity contribution in [3.63, 3.8) is 0 Å². The maximum Gasteiger partial charge on any atom is 0.239 e. The van der Waals surface area contributed by atoms with Crippen LogP contribution in [0.15, 0.2) is 18.2 Å². The average molecular weight is 275 g/mol. The molecule has 0 spiro atoms. The number of anilines is 2. The number of nitrogens with zero attached hydrogens (tertiary/aromatic N) is 1. The van der Waals surface area contributed by atoms with E-state index in [2.05, 4.69) is 5.32 Å². The van der Waals surface area contributed by atoms with Gasteiger partial charge in [0.15, 0.2) is 0 Å². The summed E-state index contributed by atoms with van der Waals surface area (Å²) in [6.07, 6.45) is 4.67. The first-order chi connectivity index (χ1) is 9.72. The van der Waals surface area contributed by atoms with Crippen LogP contribution in [0.2, 0.25) is 0 Å². The van der Waals surface area contributed by atoms with Crippen LogP contribution in [0.25, 0.3) is 0 Å². The fraction of sp³-hybridized carbons (Fsp3) is 0.533. The SMILES string of the molecule is Nc1ccc2c(c1)N(CC(=O)NC1CCCC1)CCO2. The quantitative estimate of drug-likeness (QED) is 0.821. The van der Waals surface area contributed by atoms with E-state index in [0.29, 0.717) is 31.4 Å². The van der Waals surface area contributed by atoms with Crippen LogP contribution in [0.4, 0.5) is 11.4 Å². The molecule has 0 atom stereocenters.